The second-order valence-corrected chi connectivity index (χ2v) is 5.62. The number of aromatic nitrogens is 2. The van der Waals surface area contributed by atoms with Gasteiger partial charge in [0.15, 0.2) is 5.75 Å². The lowest BCUT2D eigenvalue weighted by Gasteiger charge is -2.08. The summed E-state index contributed by atoms with van der Waals surface area (Å²) in [5.74, 6) is 0.390. The van der Waals surface area contributed by atoms with Crippen LogP contribution in [0.25, 0.3) is 0 Å². The molecule has 2 aromatic rings. The Morgan fingerprint density at radius 2 is 2.33 bits per heavy atom. The number of ether oxygens (including phenoxy) is 1. The molecular formula is C13H19N5O2S. The number of amides is 1. The van der Waals surface area contributed by atoms with Gasteiger partial charge in [0, 0.05) is 33.0 Å². The van der Waals surface area contributed by atoms with Gasteiger partial charge in [0.1, 0.15) is 15.6 Å². The minimum Gasteiger partial charge on any atom is -0.492 e. The van der Waals surface area contributed by atoms with E-state index in [-0.39, 0.29) is 5.91 Å². The molecular weight excluding hydrogens is 290 g/mol. The van der Waals surface area contributed by atoms with Crippen molar-refractivity contribution < 1.29 is 9.53 Å². The van der Waals surface area contributed by atoms with E-state index in [1.807, 2.05) is 16.9 Å². The molecule has 0 unspecified atom stereocenters. The van der Waals surface area contributed by atoms with Crippen LogP contribution in [-0.4, -0.2) is 48.3 Å². The third kappa shape index (κ3) is 3.27. The van der Waals surface area contributed by atoms with Gasteiger partial charge < -0.3 is 20.7 Å². The quantitative estimate of drug-likeness (QED) is 0.841. The number of anilines is 2. The van der Waals surface area contributed by atoms with E-state index in [4.69, 9.17) is 10.5 Å². The van der Waals surface area contributed by atoms with Crippen LogP contribution in [0.15, 0.2) is 18.5 Å². The maximum atomic E-state index is 12.1. The first kappa shape index (κ1) is 15.2. The fraction of sp³-hybridized carbons (Fsp3) is 0.385. The van der Waals surface area contributed by atoms with E-state index in [1.54, 1.807) is 27.4 Å². The Labute approximate surface area is 127 Å². The number of carbonyl (C=O) groups is 1. The van der Waals surface area contributed by atoms with E-state index in [2.05, 4.69) is 10.4 Å². The maximum absolute atomic E-state index is 12.1. The predicted octanol–water partition coefficient (Wildman–Crippen LogP) is 1.35. The van der Waals surface area contributed by atoms with Crippen LogP contribution in [0.1, 0.15) is 9.67 Å². The monoisotopic (exact) mass is 309 g/mol. The summed E-state index contributed by atoms with van der Waals surface area (Å²) in [6, 6.07) is 1.87. The summed E-state index contributed by atoms with van der Waals surface area (Å²) in [7, 11) is 4.93. The number of nitrogens with zero attached hydrogens (tertiary/aromatic N) is 3. The van der Waals surface area contributed by atoms with E-state index in [0.717, 1.165) is 5.00 Å². The highest BCUT2D eigenvalue weighted by molar-refractivity contribution is 7.19. The van der Waals surface area contributed by atoms with Crippen LogP contribution in [0, 0.1) is 0 Å². The molecule has 0 radical (unpaired) electrons. The van der Waals surface area contributed by atoms with Crippen molar-refractivity contribution in [3.8, 4) is 5.75 Å². The Hall–Kier alpha value is -2.22. The normalized spacial score (nSPS) is 10.4. The molecule has 2 rings (SSSR count). The van der Waals surface area contributed by atoms with Crippen molar-refractivity contribution in [1.29, 1.82) is 0 Å². The van der Waals surface area contributed by atoms with Crippen molar-refractivity contribution in [2.45, 2.75) is 6.54 Å². The Bertz CT molecular complexity index is 606. The second kappa shape index (κ2) is 6.49. The smallest absolute Gasteiger partial charge is 0.265 e. The molecule has 0 fully saturated rings. The van der Waals surface area contributed by atoms with Crippen LogP contribution in [0.4, 0.5) is 10.7 Å². The average molecular weight is 309 g/mol. The van der Waals surface area contributed by atoms with Gasteiger partial charge in [-0.1, -0.05) is 0 Å². The Balaban J connectivity index is 2.11. The standard InChI is InChI=1S/C13H19N5O2S/c1-17(2)13(19)11-9(14)10(20-3)12(21-11)15-6-8-18-7-4-5-16-18/h4-5,7,15H,6,8,14H2,1-3H3. The first-order chi connectivity index (χ1) is 10.0. The SMILES string of the molecule is COc1c(NCCn2cccn2)sc(C(=O)N(C)C)c1N. The Morgan fingerprint density at radius 3 is 2.90 bits per heavy atom. The highest BCUT2D eigenvalue weighted by Crippen LogP contribution is 2.42. The lowest BCUT2D eigenvalue weighted by molar-refractivity contribution is 0.0833. The minimum absolute atomic E-state index is 0.129. The molecule has 0 spiro atoms. The molecule has 7 nitrogen and oxygen atoms in total. The molecule has 21 heavy (non-hydrogen) atoms. The van der Waals surface area contributed by atoms with Crippen LogP contribution in [0.2, 0.25) is 0 Å². The number of nitrogen functional groups attached to an aromatic ring is 1. The minimum atomic E-state index is -0.129. The predicted molar refractivity (Wildman–Crippen MR) is 84.0 cm³/mol. The number of carbonyl (C=O) groups excluding carboxylic acids is 1. The fourth-order valence-corrected chi connectivity index (χ4v) is 2.96. The third-order valence-electron chi connectivity index (χ3n) is 2.89. The van der Waals surface area contributed by atoms with E-state index < -0.39 is 0 Å². The van der Waals surface area contributed by atoms with Gasteiger partial charge in [0.25, 0.3) is 5.91 Å². The molecule has 1 amide bonds. The van der Waals surface area contributed by atoms with Crippen molar-refractivity contribution in [2.24, 2.45) is 0 Å². The van der Waals surface area contributed by atoms with Crippen LogP contribution >= 0.6 is 11.3 Å². The molecule has 3 N–H and O–H groups in total. The Morgan fingerprint density at radius 1 is 1.57 bits per heavy atom. The number of hydrogen-bond acceptors (Lipinski definition) is 6. The van der Waals surface area contributed by atoms with Crippen molar-refractivity contribution in [2.75, 3.05) is 38.8 Å². The van der Waals surface area contributed by atoms with Gasteiger partial charge in [-0.25, -0.2) is 0 Å². The summed E-state index contributed by atoms with van der Waals surface area (Å²) < 4.78 is 7.13. The molecule has 8 heteroatoms. The maximum Gasteiger partial charge on any atom is 0.265 e. The zero-order valence-electron chi connectivity index (χ0n) is 12.3. The van der Waals surface area contributed by atoms with Gasteiger partial charge in [-0.05, 0) is 6.07 Å². The van der Waals surface area contributed by atoms with Crippen molar-refractivity contribution in [3.63, 3.8) is 0 Å². The number of nitrogens with two attached hydrogens (primary N) is 1. The summed E-state index contributed by atoms with van der Waals surface area (Å²) in [5, 5.41) is 8.12. The zero-order valence-corrected chi connectivity index (χ0v) is 13.1. The number of methoxy groups -OCH3 is 1. The molecule has 0 saturated heterocycles. The molecule has 2 heterocycles. The molecule has 0 aliphatic heterocycles. The first-order valence-corrected chi connectivity index (χ1v) is 7.25. The van der Waals surface area contributed by atoms with Gasteiger partial charge in [0.05, 0.1) is 13.7 Å². The fourth-order valence-electron chi connectivity index (χ4n) is 1.83. The lowest BCUT2D eigenvalue weighted by atomic mass is 10.3. The summed E-state index contributed by atoms with van der Waals surface area (Å²) in [4.78, 5) is 14.0. The van der Waals surface area contributed by atoms with Gasteiger partial charge >= 0.3 is 0 Å². The number of hydrogen-bond donors (Lipinski definition) is 2. The van der Waals surface area contributed by atoms with Crippen molar-refractivity contribution in [3.05, 3.63) is 23.3 Å². The molecule has 0 aliphatic rings. The molecule has 0 saturated carbocycles. The molecule has 0 atom stereocenters. The topological polar surface area (TPSA) is 85.4 Å². The number of rotatable bonds is 6. The van der Waals surface area contributed by atoms with E-state index >= 15 is 0 Å². The van der Waals surface area contributed by atoms with Gasteiger partial charge in [-0.2, -0.15) is 5.10 Å². The van der Waals surface area contributed by atoms with Crippen LogP contribution in [0.5, 0.6) is 5.75 Å². The van der Waals surface area contributed by atoms with Gasteiger partial charge in [0.2, 0.25) is 0 Å². The second-order valence-electron chi connectivity index (χ2n) is 4.60. The number of nitrogens with one attached hydrogen (secondary N) is 1. The first-order valence-electron chi connectivity index (χ1n) is 6.43. The summed E-state index contributed by atoms with van der Waals surface area (Å²) in [6.07, 6.45) is 3.63. The van der Waals surface area contributed by atoms with Gasteiger partial charge in [-0.15, -0.1) is 11.3 Å². The van der Waals surface area contributed by atoms with Crippen LogP contribution < -0.4 is 15.8 Å². The van der Waals surface area contributed by atoms with Gasteiger partial charge in [-0.3, -0.25) is 9.48 Å². The Kier molecular flexibility index (Phi) is 4.69. The molecule has 2 aromatic heterocycles. The summed E-state index contributed by atoms with van der Waals surface area (Å²) >= 11 is 1.30. The third-order valence-corrected chi connectivity index (χ3v) is 4.02. The molecule has 0 aliphatic carbocycles. The summed E-state index contributed by atoms with van der Waals surface area (Å²) in [6.45, 7) is 1.37. The lowest BCUT2D eigenvalue weighted by Crippen LogP contribution is -2.21. The van der Waals surface area contributed by atoms with E-state index in [0.29, 0.717) is 29.4 Å². The molecule has 114 valence electrons. The largest absolute Gasteiger partial charge is 0.492 e. The summed E-state index contributed by atoms with van der Waals surface area (Å²) in [5.41, 5.74) is 6.38. The van der Waals surface area contributed by atoms with E-state index in [1.165, 1.54) is 16.2 Å². The average Bonchev–Trinajstić information content (AvgIpc) is 3.06. The highest BCUT2D eigenvalue weighted by Gasteiger charge is 2.22. The molecule has 0 aromatic carbocycles. The van der Waals surface area contributed by atoms with Crippen LogP contribution in [0.3, 0.4) is 0 Å². The van der Waals surface area contributed by atoms with Crippen LogP contribution in [-0.2, 0) is 6.54 Å². The molecule has 0 bridgehead atoms. The zero-order chi connectivity index (χ0) is 15.4. The highest BCUT2D eigenvalue weighted by atomic mass is 32.1. The van der Waals surface area contributed by atoms with E-state index in [9.17, 15) is 4.79 Å². The number of thiophene rings is 1. The van der Waals surface area contributed by atoms with Crippen molar-refractivity contribution >= 4 is 27.9 Å². The van der Waals surface area contributed by atoms with Crippen molar-refractivity contribution in [1.82, 2.24) is 14.7 Å².